The minimum Gasteiger partial charge on any atom is -0.339 e. The fourth-order valence-electron chi connectivity index (χ4n) is 4.57. The van der Waals surface area contributed by atoms with Gasteiger partial charge >= 0.3 is 0 Å². The van der Waals surface area contributed by atoms with Gasteiger partial charge in [0.25, 0.3) is 5.91 Å². The highest BCUT2D eigenvalue weighted by molar-refractivity contribution is 6.00. The van der Waals surface area contributed by atoms with Crippen LogP contribution >= 0.6 is 0 Å². The zero-order chi connectivity index (χ0) is 22.7. The van der Waals surface area contributed by atoms with Gasteiger partial charge in [-0.2, -0.15) is 5.26 Å². The van der Waals surface area contributed by atoms with Crippen molar-refractivity contribution < 1.29 is 13.6 Å². The molecule has 2 aromatic carbocycles. The number of amides is 1. The molecule has 6 heteroatoms. The van der Waals surface area contributed by atoms with Gasteiger partial charge in [-0.25, -0.2) is 8.78 Å². The monoisotopic (exact) mass is 431 g/mol. The largest absolute Gasteiger partial charge is 0.339 e. The summed E-state index contributed by atoms with van der Waals surface area (Å²) in [6, 6.07) is 17.2. The van der Waals surface area contributed by atoms with Crippen molar-refractivity contribution in [2.45, 2.75) is 25.7 Å². The standard InChI is InChI=1S/C26H23F2N3O/c1-18(24-22(27)7-4-8-23(24)28)26(17-29)11-15-31(16-12-26)25(32)21-6-3-2-5-20(21)19-9-13-30-14-10-19/h2-10,13-14,18H,11-12,15-16H2,1H3/t18-/m0/s1. The third-order valence-electron chi connectivity index (χ3n) is 6.58. The molecule has 0 aliphatic carbocycles. The number of carbonyl (C=O) groups excluding carboxylic acids is 1. The van der Waals surface area contributed by atoms with E-state index < -0.39 is 23.0 Å². The van der Waals surface area contributed by atoms with E-state index in [0.29, 0.717) is 31.5 Å². The summed E-state index contributed by atoms with van der Waals surface area (Å²) in [4.78, 5) is 19.1. The summed E-state index contributed by atoms with van der Waals surface area (Å²) in [5.74, 6) is -2.03. The van der Waals surface area contributed by atoms with E-state index in [-0.39, 0.29) is 11.5 Å². The van der Waals surface area contributed by atoms with Crippen LogP contribution in [0, 0.1) is 28.4 Å². The van der Waals surface area contributed by atoms with Gasteiger partial charge < -0.3 is 4.90 Å². The van der Waals surface area contributed by atoms with E-state index in [9.17, 15) is 18.8 Å². The second-order valence-electron chi connectivity index (χ2n) is 8.20. The second-order valence-corrected chi connectivity index (χ2v) is 8.20. The van der Waals surface area contributed by atoms with Crippen LogP contribution in [0.15, 0.2) is 67.0 Å². The van der Waals surface area contributed by atoms with Crippen molar-refractivity contribution in [2.75, 3.05) is 13.1 Å². The zero-order valence-corrected chi connectivity index (χ0v) is 17.8. The van der Waals surface area contributed by atoms with Crippen LogP contribution in [0.4, 0.5) is 8.78 Å². The Morgan fingerprint density at radius 3 is 2.28 bits per heavy atom. The molecule has 0 unspecified atom stereocenters. The van der Waals surface area contributed by atoms with E-state index >= 15 is 0 Å². The number of nitrogens with zero attached hydrogens (tertiary/aromatic N) is 3. The number of pyridine rings is 1. The molecular weight excluding hydrogens is 408 g/mol. The first kappa shape index (κ1) is 21.6. The van der Waals surface area contributed by atoms with Crippen molar-refractivity contribution in [1.82, 2.24) is 9.88 Å². The van der Waals surface area contributed by atoms with Crippen LogP contribution in [-0.2, 0) is 0 Å². The zero-order valence-electron chi connectivity index (χ0n) is 17.8. The quantitative estimate of drug-likeness (QED) is 0.542. The number of piperidine rings is 1. The molecule has 1 atom stereocenters. The van der Waals surface area contributed by atoms with Crippen molar-refractivity contribution in [2.24, 2.45) is 5.41 Å². The van der Waals surface area contributed by atoms with Crippen molar-refractivity contribution in [3.05, 3.63) is 89.8 Å². The number of benzene rings is 2. The topological polar surface area (TPSA) is 57.0 Å². The molecule has 1 aliphatic rings. The molecule has 4 nitrogen and oxygen atoms in total. The smallest absolute Gasteiger partial charge is 0.254 e. The Morgan fingerprint density at radius 2 is 1.66 bits per heavy atom. The molecule has 0 bridgehead atoms. The number of hydrogen-bond donors (Lipinski definition) is 0. The van der Waals surface area contributed by atoms with E-state index in [1.807, 2.05) is 30.3 Å². The average molecular weight is 431 g/mol. The summed E-state index contributed by atoms with van der Waals surface area (Å²) in [7, 11) is 0. The molecule has 0 radical (unpaired) electrons. The predicted molar refractivity (Wildman–Crippen MR) is 118 cm³/mol. The molecular formula is C26H23F2N3O. The molecule has 0 saturated carbocycles. The Kier molecular flexibility index (Phi) is 6.00. The molecule has 0 spiro atoms. The van der Waals surface area contributed by atoms with Gasteiger partial charge in [-0.1, -0.05) is 31.2 Å². The van der Waals surface area contributed by atoms with Crippen LogP contribution < -0.4 is 0 Å². The summed E-state index contributed by atoms with van der Waals surface area (Å²) < 4.78 is 28.8. The molecule has 1 aliphatic heterocycles. The fraction of sp³-hybridized carbons (Fsp3) is 0.269. The molecule has 3 aromatic rings. The minimum atomic E-state index is -0.940. The molecule has 1 aromatic heterocycles. The van der Waals surface area contributed by atoms with Crippen molar-refractivity contribution >= 4 is 5.91 Å². The number of aromatic nitrogens is 1. The molecule has 32 heavy (non-hydrogen) atoms. The maximum Gasteiger partial charge on any atom is 0.254 e. The molecule has 1 fully saturated rings. The lowest BCUT2D eigenvalue weighted by Crippen LogP contribution is -2.45. The lowest BCUT2D eigenvalue weighted by atomic mass is 9.67. The first-order valence-electron chi connectivity index (χ1n) is 10.6. The summed E-state index contributed by atoms with van der Waals surface area (Å²) >= 11 is 0. The molecule has 1 amide bonds. The van der Waals surface area contributed by atoms with Crippen LogP contribution in [0.25, 0.3) is 11.1 Å². The van der Waals surface area contributed by atoms with E-state index in [0.717, 1.165) is 11.1 Å². The van der Waals surface area contributed by atoms with Crippen LogP contribution in [-0.4, -0.2) is 28.9 Å². The maximum absolute atomic E-state index is 14.4. The second kappa shape index (κ2) is 8.88. The van der Waals surface area contributed by atoms with Crippen molar-refractivity contribution in [3.63, 3.8) is 0 Å². The van der Waals surface area contributed by atoms with Gasteiger partial charge in [-0.3, -0.25) is 9.78 Å². The first-order chi connectivity index (χ1) is 15.5. The highest BCUT2D eigenvalue weighted by Crippen LogP contribution is 2.45. The van der Waals surface area contributed by atoms with Gasteiger partial charge in [0.2, 0.25) is 0 Å². The molecule has 162 valence electrons. The first-order valence-corrected chi connectivity index (χ1v) is 10.6. The van der Waals surface area contributed by atoms with Crippen molar-refractivity contribution in [1.29, 1.82) is 5.26 Å². The number of rotatable bonds is 4. The van der Waals surface area contributed by atoms with Gasteiger partial charge in [0.05, 0.1) is 11.5 Å². The van der Waals surface area contributed by atoms with Gasteiger partial charge in [-0.05, 0) is 54.3 Å². The van der Waals surface area contributed by atoms with Gasteiger partial charge in [0.1, 0.15) is 11.6 Å². The number of likely N-dealkylation sites (tertiary alicyclic amines) is 1. The summed E-state index contributed by atoms with van der Waals surface area (Å²) in [5, 5.41) is 9.99. The lowest BCUT2D eigenvalue weighted by Gasteiger charge is -2.41. The van der Waals surface area contributed by atoms with Crippen LogP contribution in [0.3, 0.4) is 0 Å². The maximum atomic E-state index is 14.4. The molecule has 0 N–H and O–H groups in total. The Bertz CT molecular complexity index is 1140. The van der Waals surface area contributed by atoms with Crippen LogP contribution in [0.5, 0.6) is 0 Å². The SMILES string of the molecule is C[C@@H](c1c(F)cccc1F)C1(C#N)CCN(C(=O)c2ccccc2-c2ccncc2)CC1. The summed E-state index contributed by atoms with van der Waals surface area (Å²) in [5.41, 5.74) is 1.30. The highest BCUT2D eigenvalue weighted by atomic mass is 19.1. The summed E-state index contributed by atoms with van der Waals surface area (Å²) in [6.07, 6.45) is 4.06. The average Bonchev–Trinajstić information content (AvgIpc) is 2.84. The van der Waals surface area contributed by atoms with Gasteiger partial charge in [-0.15, -0.1) is 0 Å². The third-order valence-corrected chi connectivity index (χ3v) is 6.58. The normalized spacial score (nSPS) is 16.2. The number of hydrogen-bond acceptors (Lipinski definition) is 3. The molecule has 4 rings (SSSR count). The van der Waals surface area contributed by atoms with E-state index in [1.54, 1.807) is 30.3 Å². The third kappa shape index (κ3) is 3.87. The van der Waals surface area contributed by atoms with Crippen LogP contribution in [0.2, 0.25) is 0 Å². The van der Waals surface area contributed by atoms with Crippen LogP contribution in [0.1, 0.15) is 41.6 Å². The predicted octanol–water partition coefficient (Wildman–Crippen LogP) is 5.58. The molecule has 1 saturated heterocycles. The van der Waals surface area contributed by atoms with E-state index in [1.165, 1.54) is 18.2 Å². The van der Waals surface area contributed by atoms with Gasteiger partial charge in [0, 0.05) is 42.5 Å². The van der Waals surface area contributed by atoms with Gasteiger partial charge in [0.15, 0.2) is 0 Å². The number of carbonyl (C=O) groups is 1. The summed E-state index contributed by atoms with van der Waals surface area (Å²) in [6.45, 7) is 2.38. The number of nitriles is 1. The minimum absolute atomic E-state index is 0.0585. The Balaban J connectivity index is 1.56. The van der Waals surface area contributed by atoms with E-state index in [4.69, 9.17) is 0 Å². The fourth-order valence-corrected chi connectivity index (χ4v) is 4.57. The highest BCUT2D eigenvalue weighted by Gasteiger charge is 2.43. The Labute approximate surface area is 186 Å². The van der Waals surface area contributed by atoms with E-state index in [2.05, 4.69) is 11.1 Å². The number of halogens is 2. The Hall–Kier alpha value is -3.59. The molecule has 2 heterocycles. The lowest BCUT2D eigenvalue weighted by molar-refractivity contribution is 0.0620. The Morgan fingerprint density at radius 1 is 1.03 bits per heavy atom. The van der Waals surface area contributed by atoms with Crippen molar-refractivity contribution in [3.8, 4) is 17.2 Å².